The van der Waals surface area contributed by atoms with Gasteiger partial charge in [-0.2, -0.15) is 0 Å². The maximum absolute atomic E-state index is 5.93. The molecule has 0 bridgehead atoms. The molecule has 3 rings (SSSR count). The van der Waals surface area contributed by atoms with Gasteiger partial charge in [0.1, 0.15) is 5.69 Å². The molecule has 1 aliphatic rings. The zero-order valence-electron chi connectivity index (χ0n) is 12.1. The van der Waals surface area contributed by atoms with E-state index >= 15 is 0 Å². The zero-order chi connectivity index (χ0) is 14.5. The molecular formula is C15H19BN4O. The van der Waals surface area contributed by atoms with E-state index in [1.807, 2.05) is 23.1 Å². The molecule has 5 nitrogen and oxygen atoms in total. The van der Waals surface area contributed by atoms with Crippen LogP contribution in [0.1, 0.15) is 30.5 Å². The molecule has 0 saturated heterocycles. The summed E-state index contributed by atoms with van der Waals surface area (Å²) in [5.74, 6) is 0. The van der Waals surface area contributed by atoms with Gasteiger partial charge in [0.2, 0.25) is 0 Å². The zero-order valence-corrected chi connectivity index (χ0v) is 12.1. The molecule has 0 unspecified atom stereocenters. The summed E-state index contributed by atoms with van der Waals surface area (Å²) in [6, 6.07) is 4.01. The van der Waals surface area contributed by atoms with E-state index in [4.69, 9.17) is 12.6 Å². The van der Waals surface area contributed by atoms with Crippen LogP contribution in [0.3, 0.4) is 0 Å². The Hall–Kier alpha value is -1.69. The Bertz CT molecular complexity index is 563. The van der Waals surface area contributed by atoms with E-state index in [0.29, 0.717) is 12.9 Å². The highest BCUT2D eigenvalue weighted by atomic mass is 16.5. The number of aromatic nitrogens is 4. The van der Waals surface area contributed by atoms with Gasteiger partial charge in [0.05, 0.1) is 26.3 Å². The molecule has 1 saturated carbocycles. The van der Waals surface area contributed by atoms with Crippen LogP contribution in [0.25, 0.3) is 0 Å². The Balaban J connectivity index is 1.49. The lowest BCUT2D eigenvalue weighted by Crippen LogP contribution is -2.39. The molecular weight excluding hydrogens is 263 g/mol. The van der Waals surface area contributed by atoms with Gasteiger partial charge in [-0.1, -0.05) is 17.6 Å². The Morgan fingerprint density at radius 1 is 1.38 bits per heavy atom. The molecule has 108 valence electrons. The van der Waals surface area contributed by atoms with Crippen LogP contribution in [0.15, 0.2) is 30.7 Å². The number of hydrogen-bond donors (Lipinski definition) is 0. The third-order valence-corrected chi connectivity index (χ3v) is 4.10. The van der Waals surface area contributed by atoms with Crippen LogP contribution in [0.5, 0.6) is 0 Å². The lowest BCUT2D eigenvalue weighted by atomic mass is 9.71. The predicted molar refractivity (Wildman–Crippen MR) is 79.9 cm³/mol. The average molecular weight is 282 g/mol. The van der Waals surface area contributed by atoms with Crippen molar-refractivity contribution in [2.24, 2.45) is 0 Å². The van der Waals surface area contributed by atoms with Crippen LogP contribution in [-0.2, 0) is 24.3 Å². The fourth-order valence-corrected chi connectivity index (χ4v) is 2.51. The number of aryl methyl sites for hydroxylation is 2. The van der Waals surface area contributed by atoms with Gasteiger partial charge in [0.25, 0.3) is 0 Å². The minimum absolute atomic E-state index is 0.112. The molecule has 21 heavy (non-hydrogen) atoms. The molecule has 1 fully saturated rings. The normalized spacial score (nSPS) is 16.6. The van der Waals surface area contributed by atoms with Crippen LogP contribution < -0.4 is 0 Å². The Labute approximate surface area is 126 Å². The third kappa shape index (κ3) is 3.50. The fourth-order valence-electron chi connectivity index (χ4n) is 2.51. The molecule has 2 radical (unpaired) electrons. The van der Waals surface area contributed by atoms with Crippen LogP contribution in [0.4, 0.5) is 0 Å². The van der Waals surface area contributed by atoms with E-state index in [2.05, 4.69) is 21.4 Å². The van der Waals surface area contributed by atoms with Gasteiger partial charge in [0.15, 0.2) is 0 Å². The van der Waals surface area contributed by atoms with Crippen molar-refractivity contribution in [2.75, 3.05) is 0 Å². The van der Waals surface area contributed by atoms with E-state index in [1.54, 1.807) is 6.20 Å². The van der Waals surface area contributed by atoms with Crippen molar-refractivity contribution in [3.8, 4) is 0 Å². The Morgan fingerprint density at radius 2 is 2.29 bits per heavy atom. The van der Waals surface area contributed by atoms with E-state index in [1.165, 1.54) is 12.0 Å². The first kappa shape index (κ1) is 14.3. The number of nitrogens with zero attached hydrogens (tertiary/aromatic N) is 4. The number of ether oxygens (including phenoxy) is 1. The summed E-state index contributed by atoms with van der Waals surface area (Å²) >= 11 is 0. The lowest BCUT2D eigenvalue weighted by molar-refractivity contribution is -0.0954. The minimum Gasteiger partial charge on any atom is -0.369 e. The van der Waals surface area contributed by atoms with Crippen molar-refractivity contribution in [3.05, 3.63) is 42.0 Å². The summed E-state index contributed by atoms with van der Waals surface area (Å²) in [6.07, 6.45) is 10.4. The SMILES string of the molecule is [B]CC1(OCc2cn(CCc3cccnc3)nn2)CCC1. The van der Waals surface area contributed by atoms with Crippen molar-refractivity contribution in [2.45, 2.75) is 50.8 Å². The number of pyridine rings is 1. The molecule has 6 heteroatoms. The molecule has 0 atom stereocenters. The highest BCUT2D eigenvalue weighted by molar-refractivity contribution is 6.09. The van der Waals surface area contributed by atoms with Crippen LogP contribution >= 0.6 is 0 Å². The maximum atomic E-state index is 5.93. The average Bonchev–Trinajstić information content (AvgIpc) is 2.94. The molecule has 1 aliphatic carbocycles. The summed E-state index contributed by atoms with van der Waals surface area (Å²) in [6.45, 7) is 1.28. The summed E-state index contributed by atoms with van der Waals surface area (Å²) < 4.78 is 7.77. The van der Waals surface area contributed by atoms with Gasteiger partial charge >= 0.3 is 0 Å². The van der Waals surface area contributed by atoms with Gasteiger partial charge in [-0.25, -0.2) is 0 Å². The molecule has 2 heterocycles. The van der Waals surface area contributed by atoms with Crippen molar-refractivity contribution in [1.29, 1.82) is 0 Å². The van der Waals surface area contributed by atoms with E-state index < -0.39 is 0 Å². The van der Waals surface area contributed by atoms with Crippen molar-refractivity contribution in [3.63, 3.8) is 0 Å². The monoisotopic (exact) mass is 282 g/mol. The molecule has 0 aromatic carbocycles. The highest BCUT2D eigenvalue weighted by Gasteiger charge is 2.35. The molecule has 2 aromatic rings. The predicted octanol–water partition coefficient (Wildman–Crippen LogP) is 1.94. The van der Waals surface area contributed by atoms with Crippen LogP contribution in [0, 0.1) is 0 Å². The van der Waals surface area contributed by atoms with Crippen molar-refractivity contribution >= 4 is 7.85 Å². The van der Waals surface area contributed by atoms with Gasteiger partial charge in [-0.3, -0.25) is 9.67 Å². The second-order valence-corrected chi connectivity index (χ2v) is 5.61. The van der Waals surface area contributed by atoms with Gasteiger partial charge in [-0.05, 0) is 37.3 Å². The summed E-state index contributed by atoms with van der Waals surface area (Å²) in [7, 11) is 5.78. The first-order chi connectivity index (χ1) is 10.3. The largest absolute Gasteiger partial charge is 0.369 e. The van der Waals surface area contributed by atoms with Crippen LogP contribution in [-0.4, -0.2) is 33.4 Å². The molecule has 0 N–H and O–H groups in total. The third-order valence-electron chi connectivity index (χ3n) is 4.10. The van der Waals surface area contributed by atoms with E-state index in [9.17, 15) is 0 Å². The van der Waals surface area contributed by atoms with Crippen molar-refractivity contribution < 1.29 is 4.74 Å². The molecule has 0 amide bonds. The smallest absolute Gasteiger partial charge is 0.108 e. The van der Waals surface area contributed by atoms with Gasteiger partial charge < -0.3 is 4.74 Å². The number of hydrogen-bond acceptors (Lipinski definition) is 4. The minimum atomic E-state index is -0.112. The summed E-state index contributed by atoms with van der Waals surface area (Å²) in [5, 5.41) is 8.29. The Morgan fingerprint density at radius 3 is 2.95 bits per heavy atom. The van der Waals surface area contributed by atoms with E-state index in [-0.39, 0.29) is 5.60 Å². The molecule has 0 aliphatic heterocycles. The highest BCUT2D eigenvalue weighted by Crippen LogP contribution is 2.38. The standard InChI is InChI=1S/C15H19BN4O/c16-12-15(5-2-6-15)21-11-14-10-20(19-18-14)8-4-13-3-1-7-17-9-13/h1,3,7,9-10H,2,4-6,8,11-12H2. The second-order valence-electron chi connectivity index (χ2n) is 5.61. The maximum Gasteiger partial charge on any atom is 0.108 e. The van der Waals surface area contributed by atoms with Crippen LogP contribution in [0.2, 0.25) is 6.32 Å². The molecule has 2 aromatic heterocycles. The Kier molecular flexibility index (Phi) is 4.34. The first-order valence-corrected chi connectivity index (χ1v) is 7.42. The van der Waals surface area contributed by atoms with Crippen molar-refractivity contribution in [1.82, 2.24) is 20.0 Å². The summed E-state index contributed by atoms with van der Waals surface area (Å²) in [4.78, 5) is 4.11. The van der Waals surface area contributed by atoms with E-state index in [0.717, 1.165) is 31.5 Å². The number of rotatable bonds is 7. The topological polar surface area (TPSA) is 52.8 Å². The fraction of sp³-hybridized carbons (Fsp3) is 0.533. The second kappa shape index (κ2) is 6.39. The quantitative estimate of drug-likeness (QED) is 0.728. The lowest BCUT2D eigenvalue weighted by Gasteiger charge is -2.41. The summed E-state index contributed by atoms with van der Waals surface area (Å²) in [5.41, 5.74) is 1.95. The first-order valence-electron chi connectivity index (χ1n) is 7.42. The molecule has 0 spiro atoms. The van der Waals surface area contributed by atoms with Gasteiger partial charge in [0, 0.05) is 18.9 Å². The van der Waals surface area contributed by atoms with Gasteiger partial charge in [-0.15, -0.1) is 5.10 Å².